The lowest BCUT2D eigenvalue weighted by molar-refractivity contribution is -0.122. The van der Waals surface area contributed by atoms with Gasteiger partial charge in [-0.25, -0.2) is 14.1 Å². The molecule has 0 radical (unpaired) electrons. The van der Waals surface area contributed by atoms with Gasteiger partial charge in [-0.2, -0.15) is 0 Å². The Hall–Kier alpha value is -3.39. The van der Waals surface area contributed by atoms with E-state index in [-0.39, 0.29) is 16.3 Å². The molecule has 1 aliphatic heterocycles. The Labute approximate surface area is 170 Å². The average Bonchev–Trinajstić information content (AvgIpc) is 2.67. The molecule has 0 bridgehead atoms. The van der Waals surface area contributed by atoms with Crippen LogP contribution < -0.4 is 19.7 Å². The van der Waals surface area contributed by atoms with Gasteiger partial charge in [0, 0.05) is 0 Å². The van der Waals surface area contributed by atoms with Crippen molar-refractivity contribution < 1.29 is 28.2 Å². The monoisotopic (exact) mass is 418 g/mol. The van der Waals surface area contributed by atoms with Gasteiger partial charge in [0.05, 0.1) is 24.4 Å². The summed E-state index contributed by atoms with van der Waals surface area (Å²) >= 11 is 6.20. The Balaban J connectivity index is 2.03. The predicted octanol–water partition coefficient (Wildman–Crippen LogP) is 3.55. The van der Waals surface area contributed by atoms with Crippen molar-refractivity contribution in [3.63, 3.8) is 0 Å². The maximum Gasteiger partial charge on any atom is 0.335 e. The summed E-state index contributed by atoms with van der Waals surface area (Å²) in [6, 6.07) is 6.86. The Morgan fingerprint density at radius 1 is 1.17 bits per heavy atom. The number of methoxy groups -OCH3 is 1. The first-order chi connectivity index (χ1) is 13.8. The summed E-state index contributed by atoms with van der Waals surface area (Å²) in [4.78, 5) is 38.0. The number of benzene rings is 2. The fourth-order valence-electron chi connectivity index (χ4n) is 2.78. The number of anilines is 1. The molecule has 2 aromatic carbocycles. The van der Waals surface area contributed by atoms with Crippen LogP contribution in [-0.4, -0.2) is 31.6 Å². The molecule has 0 saturated carbocycles. The van der Waals surface area contributed by atoms with Crippen LogP contribution in [0.5, 0.6) is 11.5 Å². The standard InChI is InChI=1S/C20H16ClFN2O5/c1-3-29-16-10-11(9-15(21)17(16)28-2)8-14-18(25)23-20(27)24(19(14)26)13-6-4-12(22)5-7-13/h4-10H,3H2,1-2H3,(H,23,25,27)/b14-8+. The first kappa shape index (κ1) is 20.3. The molecule has 9 heteroatoms. The minimum Gasteiger partial charge on any atom is -0.491 e. The molecule has 0 atom stereocenters. The summed E-state index contributed by atoms with van der Waals surface area (Å²) in [7, 11) is 1.44. The molecule has 0 spiro atoms. The Morgan fingerprint density at radius 3 is 2.48 bits per heavy atom. The van der Waals surface area contributed by atoms with E-state index in [0.29, 0.717) is 23.7 Å². The number of nitrogens with zero attached hydrogens (tertiary/aromatic N) is 1. The van der Waals surface area contributed by atoms with E-state index in [1.807, 2.05) is 0 Å². The van der Waals surface area contributed by atoms with E-state index in [1.54, 1.807) is 13.0 Å². The third-order valence-corrected chi connectivity index (χ3v) is 4.31. The summed E-state index contributed by atoms with van der Waals surface area (Å²) in [5, 5.41) is 2.32. The summed E-state index contributed by atoms with van der Waals surface area (Å²) in [5.74, 6) is -1.58. The Morgan fingerprint density at radius 2 is 1.86 bits per heavy atom. The van der Waals surface area contributed by atoms with Gasteiger partial charge in [-0.1, -0.05) is 11.6 Å². The average molecular weight is 419 g/mol. The SMILES string of the molecule is CCOc1cc(/C=C2\C(=O)NC(=O)N(c3ccc(F)cc3)C2=O)cc(Cl)c1OC. The van der Waals surface area contributed by atoms with Crippen LogP contribution in [0.25, 0.3) is 6.08 Å². The largest absolute Gasteiger partial charge is 0.491 e. The van der Waals surface area contributed by atoms with E-state index >= 15 is 0 Å². The summed E-state index contributed by atoms with van der Waals surface area (Å²) in [5.41, 5.74) is 0.221. The number of barbiturate groups is 1. The number of hydrogen-bond donors (Lipinski definition) is 1. The molecule has 29 heavy (non-hydrogen) atoms. The van der Waals surface area contributed by atoms with E-state index in [0.717, 1.165) is 17.0 Å². The van der Waals surface area contributed by atoms with Crippen LogP contribution in [0.4, 0.5) is 14.9 Å². The van der Waals surface area contributed by atoms with Gasteiger partial charge >= 0.3 is 6.03 Å². The van der Waals surface area contributed by atoms with Crippen molar-refractivity contribution in [3.05, 3.63) is 58.4 Å². The van der Waals surface area contributed by atoms with E-state index in [9.17, 15) is 18.8 Å². The smallest absolute Gasteiger partial charge is 0.335 e. The molecule has 150 valence electrons. The maximum absolute atomic E-state index is 13.2. The summed E-state index contributed by atoms with van der Waals surface area (Å²) < 4.78 is 23.9. The quantitative estimate of drug-likeness (QED) is 0.593. The number of imide groups is 2. The Kier molecular flexibility index (Phi) is 5.84. The molecule has 1 N–H and O–H groups in total. The molecule has 1 aliphatic rings. The number of ether oxygens (including phenoxy) is 2. The van der Waals surface area contributed by atoms with Gasteiger partial charge < -0.3 is 9.47 Å². The second kappa shape index (κ2) is 8.32. The number of halogens is 2. The number of hydrogen-bond acceptors (Lipinski definition) is 5. The van der Waals surface area contributed by atoms with Crippen LogP contribution in [-0.2, 0) is 9.59 Å². The van der Waals surface area contributed by atoms with Crippen molar-refractivity contribution in [1.82, 2.24) is 5.32 Å². The zero-order valence-electron chi connectivity index (χ0n) is 15.5. The van der Waals surface area contributed by atoms with E-state index in [4.69, 9.17) is 21.1 Å². The third-order valence-electron chi connectivity index (χ3n) is 4.03. The van der Waals surface area contributed by atoms with Gasteiger partial charge in [0.25, 0.3) is 11.8 Å². The van der Waals surface area contributed by atoms with Gasteiger partial charge in [-0.05, 0) is 55.0 Å². The van der Waals surface area contributed by atoms with Crippen LogP contribution >= 0.6 is 11.6 Å². The van der Waals surface area contributed by atoms with Crippen LogP contribution in [0.3, 0.4) is 0 Å². The second-order valence-electron chi connectivity index (χ2n) is 5.90. The second-order valence-corrected chi connectivity index (χ2v) is 6.31. The highest BCUT2D eigenvalue weighted by atomic mass is 35.5. The van der Waals surface area contributed by atoms with Gasteiger partial charge in [0.15, 0.2) is 11.5 Å². The molecule has 2 aromatic rings. The zero-order chi connectivity index (χ0) is 21.1. The highest BCUT2D eigenvalue weighted by Gasteiger charge is 2.36. The first-order valence-electron chi connectivity index (χ1n) is 8.53. The Bertz CT molecular complexity index is 1020. The lowest BCUT2D eigenvalue weighted by Gasteiger charge is -2.26. The highest BCUT2D eigenvalue weighted by molar-refractivity contribution is 6.39. The van der Waals surface area contributed by atoms with Gasteiger partial charge in [0.2, 0.25) is 0 Å². The minimum absolute atomic E-state index is 0.120. The molecular formula is C20H16ClFN2O5. The number of amides is 4. The fraction of sp³-hybridized carbons (Fsp3) is 0.150. The normalized spacial score (nSPS) is 15.5. The number of urea groups is 1. The van der Waals surface area contributed by atoms with Gasteiger partial charge in [-0.3, -0.25) is 14.9 Å². The van der Waals surface area contributed by atoms with Gasteiger partial charge in [0.1, 0.15) is 11.4 Å². The van der Waals surface area contributed by atoms with E-state index in [2.05, 4.69) is 5.32 Å². The summed E-state index contributed by atoms with van der Waals surface area (Å²) in [6.07, 6.45) is 1.29. The lowest BCUT2D eigenvalue weighted by atomic mass is 10.1. The lowest BCUT2D eigenvalue weighted by Crippen LogP contribution is -2.54. The molecule has 0 aliphatic carbocycles. The number of nitrogens with one attached hydrogen (secondary N) is 1. The van der Waals surface area contributed by atoms with Gasteiger partial charge in [-0.15, -0.1) is 0 Å². The molecule has 1 fully saturated rings. The number of rotatable bonds is 5. The molecule has 1 heterocycles. The van der Waals surface area contributed by atoms with Crippen molar-refractivity contribution in [1.29, 1.82) is 0 Å². The van der Waals surface area contributed by atoms with Crippen molar-refractivity contribution in [2.24, 2.45) is 0 Å². The van der Waals surface area contributed by atoms with Crippen LogP contribution in [0.1, 0.15) is 12.5 Å². The highest BCUT2D eigenvalue weighted by Crippen LogP contribution is 2.37. The van der Waals surface area contributed by atoms with Crippen LogP contribution in [0.2, 0.25) is 5.02 Å². The number of carbonyl (C=O) groups is 3. The van der Waals surface area contributed by atoms with Crippen LogP contribution in [0.15, 0.2) is 42.0 Å². The minimum atomic E-state index is -0.925. The van der Waals surface area contributed by atoms with Crippen molar-refractivity contribution in [2.45, 2.75) is 6.92 Å². The van der Waals surface area contributed by atoms with Crippen molar-refractivity contribution in [2.75, 3.05) is 18.6 Å². The topological polar surface area (TPSA) is 84.9 Å². The maximum atomic E-state index is 13.2. The molecule has 0 aromatic heterocycles. The third kappa shape index (κ3) is 4.07. The fourth-order valence-corrected chi connectivity index (χ4v) is 3.08. The molecule has 1 saturated heterocycles. The van der Waals surface area contributed by atoms with Crippen LogP contribution in [0, 0.1) is 5.82 Å². The van der Waals surface area contributed by atoms with Crippen molar-refractivity contribution >= 4 is 41.2 Å². The summed E-state index contributed by atoms with van der Waals surface area (Å²) in [6.45, 7) is 2.13. The van der Waals surface area contributed by atoms with E-state index in [1.165, 1.54) is 31.4 Å². The number of carbonyl (C=O) groups excluding carboxylic acids is 3. The zero-order valence-corrected chi connectivity index (χ0v) is 16.2. The predicted molar refractivity (Wildman–Crippen MR) is 105 cm³/mol. The van der Waals surface area contributed by atoms with E-state index < -0.39 is 23.7 Å². The molecule has 0 unspecified atom stereocenters. The molecule has 3 rings (SSSR count). The first-order valence-corrected chi connectivity index (χ1v) is 8.90. The van der Waals surface area contributed by atoms with Crippen molar-refractivity contribution in [3.8, 4) is 11.5 Å². The molecular weight excluding hydrogens is 403 g/mol. The molecule has 4 amide bonds. The molecule has 7 nitrogen and oxygen atoms in total.